The van der Waals surface area contributed by atoms with Gasteiger partial charge in [0.25, 0.3) is 5.69 Å². The van der Waals surface area contributed by atoms with E-state index in [0.717, 1.165) is 25.7 Å². The molecule has 0 saturated carbocycles. The zero-order valence-corrected chi connectivity index (χ0v) is 32.3. The average Bonchev–Trinajstić information content (AvgIpc) is 3.18. The first-order valence-corrected chi connectivity index (χ1v) is 19.0. The van der Waals surface area contributed by atoms with E-state index in [0.29, 0.717) is 164 Å². The molecule has 0 aliphatic heterocycles. The van der Waals surface area contributed by atoms with Crippen molar-refractivity contribution in [3.05, 3.63) is 34.4 Å². The summed E-state index contributed by atoms with van der Waals surface area (Å²) in [6.07, 6.45) is 4.73. The first-order chi connectivity index (χ1) is 26.6. The molecule has 0 saturated heterocycles. The molecule has 0 aromatic heterocycles. The molecule has 0 bridgehead atoms. The van der Waals surface area contributed by atoms with Crippen LogP contribution in [0.5, 0.6) is 5.75 Å². The van der Waals surface area contributed by atoms with Crippen molar-refractivity contribution < 1.29 is 71.3 Å². The number of non-ortho nitro benzene ring substituents is 1. The Hall–Kier alpha value is -2.55. The minimum absolute atomic E-state index is 0.0225. The third kappa shape index (κ3) is 35.2. The summed E-state index contributed by atoms with van der Waals surface area (Å²) in [5.74, 6) is 0.394. The fourth-order valence-corrected chi connectivity index (χ4v) is 4.17. The fourth-order valence-electron chi connectivity index (χ4n) is 4.17. The average molecular weight is 780 g/mol. The molecule has 0 heterocycles. The highest BCUT2D eigenvalue weighted by Gasteiger charge is 2.05. The van der Waals surface area contributed by atoms with Crippen molar-refractivity contribution in [2.45, 2.75) is 39.0 Å². The molecule has 0 unspecified atom stereocenters. The van der Waals surface area contributed by atoms with E-state index in [4.69, 9.17) is 61.6 Å². The van der Waals surface area contributed by atoms with Crippen LogP contribution in [0.3, 0.4) is 0 Å². The maximum absolute atomic E-state index is 11.6. The van der Waals surface area contributed by atoms with E-state index in [2.05, 4.69) is 6.92 Å². The van der Waals surface area contributed by atoms with Crippen LogP contribution in [-0.4, -0.2) is 169 Å². The molecule has 54 heavy (non-hydrogen) atoms. The number of carbonyl (C=O) groups is 1. The molecular weight excluding hydrogens is 714 g/mol. The first kappa shape index (κ1) is 49.5. The highest BCUT2D eigenvalue weighted by Crippen LogP contribution is 2.17. The lowest BCUT2D eigenvalue weighted by molar-refractivity contribution is -0.384. The summed E-state index contributed by atoms with van der Waals surface area (Å²) in [5.41, 5.74) is 0.0225. The van der Waals surface area contributed by atoms with Crippen molar-refractivity contribution in [3.63, 3.8) is 0 Å². The van der Waals surface area contributed by atoms with Crippen molar-refractivity contribution >= 4 is 11.7 Å². The number of hydrogen-bond donors (Lipinski definition) is 0. The lowest BCUT2D eigenvalue weighted by Gasteiger charge is -2.09. The summed E-state index contributed by atoms with van der Waals surface area (Å²) in [6.45, 7) is 12.9. The van der Waals surface area contributed by atoms with Crippen LogP contribution in [0.2, 0.25) is 0 Å². The molecule has 1 rings (SSSR count). The van der Waals surface area contributed by atoms with E-state index in [1.54, 1.807) is 12.1 Å². The molecular formula is C37H65NO16. The first-order valence-electron chi connectivity index (χ1n) is 19.0. The Bertz CT molecular complexity index is 958. The summed E-state index contributed by atoms with van der Waals surface area (Å²) in [5, 5.41) is 10.6. The maximum atomic E-state index is 11.6. The predicted octanol–water partition coefficient (Wildman–Crippen LogP) is 3.67. The lowest BCUT2D eigenvalue weighted by atomic mass is 10.2. The van der Waals surface area contributed by atoms with Gasteiger partial charge in [-0.2, -0.15) is 0 Å². The minimum Gasteiger partial charge on any atom is -0.491 e. The van der Waals surface area contributed by atoms with Gasteiger partial charge < -0.3 is 61.6 Å². The van der Waals surface area contributed by atoms with E-state index >= 15 is 0 Å². The summed E-state index contributed by atoms with van der Waals surface area (Å²) in [7, 11) is 0. The molecule has 0 N–H and O–H groups in total. The van der Waals surface area contributed by atoms with Gasteiger partial charge in [-0.3, -0.25) is 14.9 Å². The monoisotopic (exact) mass is 779 g/mol. The van der Waals surface area contributed by atoms with Crippen molar-refractivity contribution in [3.8, 4) is 5.75 Å². The van der Waals surface area contributed by atoms with Gasteiger partial charge in [-0.25, -0.2) is 0 Å². The van der Waals surface area contributed by atoms with Crippen LogP contribution in [-0.2, 0) is 61.6 Å². The molecule has 0 amide bonds. The topological polar surface area (TPSA) is 180 Å². The Labute approximate surface area is 320 Å². The number of ether oxygens (including phenoxy) is 13. The van der Waals surface area contributed by atoms with Gasteiger partial charge >= 0.3 is 5.97 Å². The van der Waals surface area contributed by atoms with Gasteiger partial charge in [0, 0.05) is 18.6 Å². The van der Waals surface area contributed by atoms with E-state index < -0.39 is 4.92 Å². The largest absolute Gasteiger partial charge is 0.491 e. The summed E-state index contributed by atoms with van der Waals surface area (Å²) in [6, 6.07) is 5.90. The Kier molecular flexibility index (Phi) is 36.8. The zero-order valence-electron chi connectivity index (χ0n) is 32.3. The number of nitrogens with zero attached hydrogens (tertiary/aromatic N) is 1. The Balaban J connectivity index is 1.64. The standard InChI is InChI=1S/C37H65NO16/c1-2-3-4-5-6-37(39)54-34-32-52-30-28-50-26-24-48-22-20-46-18-16-44-14-12-42-11-13-43-15-17-45-19-21-47-23-25-49-27-29-51-31-33-53-36-9-7-35(8-10-36)38(40)41/h7-10H,2-6,11-34H2,1H3. The number of nitro benzene ring substituents is 1. The van der Waals surface area contributed by atoms with Crippen molar-refractivity contribution in [1.29, 1.82) is 0 Å². The number of esters is 1. The minimum atomic E-state index is -0.454. The zero-order chi connectivity index (χ0) is 38.8. The van der Waals surface area contributed by atoms with Gasteiger partial charge in [0.1, 0.15) is 19.0 Å². The number of unbranched alkanes of at least 4 members (excludes halogenated alkanes) is 3. The van der Waals surface area contributed by atoms with E-state index in [-0.39, 0.29) is 18.3 Å². The molecule has 1 aromatic carbocycles. The van der Waals surface area contributed by atoms with E-state index in [1.807, 2.05) is 0 Å². The normalized spacial score (nSPS) is 11.3. The van der Waals surface area contributed by atoms with Gasteiger partial charge in [-0.15, -0.1) is 0 Å². The molecule has 0 atom stereocenters. The Morgan fingerprint density at radius 3 is 1.09 bits per heavy atom. The molecule has 314 valence electrons. The van der Waals surface area contributed by atoms with Crippen LogP contribution in [0.4, 0.5) is 5.69 Å². The van der Waals surface area contributed by atoms with Gasteiger partial charge in [0.05, 0.1) is 150 Å². The van der Waals surface area contributed by atoms with E-state index in [1.165, 1.54) is 12.1 Å². The summed E-state index contributed by atoms with van der Waals surface area (Å²) in [4.78, 5) is 21.7. The second-order valence-corrected chi connectivity index (χ2v) is 11.4. The third-order valence-corrected chi connectivity index (χ3v) is 6.99. The Morgan fingerprint density at radius 2 is 0.778 bits per heavy atom. The van der Waals surface area contributed by atoms with Gasteiger partial charge in [0.15, 0.2) is 0 Å². The summed E-state index contributed by atoms with van der Waals surface area (Å²) < 4.78 is 70.6. The molecule has 0 aliphatic carbocycles. The van der Waals surface area contributed by atoms with Crippen LogP contribution in [0.25, 0.3) is 0 Å². The molecule has 0 fully saturated rings. The molecule has 0 aliphatic rings. The molecule has 1 aromatic rings. The van der Waals surface area contributed by atoms with Crippen molar-refractivity contribution in [2.75, 3.05) is 159 Å². The molecule has 17 nitrogen and oxygen atoms in total. The lowest BCUT2D eigenvalue weighted by Crippen LogP contribution is -2.16. The third-order valence-electron chi connectivity index (χ3n) is 6.99. The summed E-state index contributed by atoms with van der Waals surface area (Å²) >= 11 is 0. The second-order valence-electron chi connectivity index (χ2n) is 11.4. The van der Waals surface area contributed by atoms with E-state index in [9.17, 15) is 14.9 Å². The van der Waals surface area contributed by atoms with Crippen LogP contribution < -0.4 is 4.74 Å². The highest BCUT2D eigenvalue weighted by atomic mass is 16.6. The smallest absolute Gasteiger partial charge is 0.305 e. The number of hydrogen-bond acceptors (Lipinski definition) is 16. The van der Waals surface area contributed by atoms with Crippen LogP contribution in [0.1, 0.15) is 39.0 Å². The number of carbonyl (C=O) groups excluding carboxylic acids is 1. The quantitative estimate of drug-likeness (QED) is 0.0405. The SMILES string of the molecule is CCCCCCC(=O)OCCOCCOCCOCCOCCOCCOCCOCCOCCOCCOCCOCCOc1ccc([N+](=O)[O-])cc1. The Morgan fingerprint density at radius 1 is 0.463 bits per heavy atom. The highest BCUT2D eigenvalue weighted by molar-refractivity contribution is 5.69. The second kappa shape index (κ2) is 40.1. The molecule has 0 spiro atoms. The van der Waals surface area contributed by atoms with Gasteiger partial charge in [-0.1, -0.05) is 26.2 Å². The molecule has 17 heteroatoms. The van der Waals surface area contributed by atoms with Crippen LogP contribution in [0.15, 0.2) is 24.3 Å². The number of rotatable bonds is 43. The molecule has 0 radical (unpaired) electrons. The fraction of sp³-hybridized carbons (Fsp3) is 0.811. The van der Waals surface area contributed by atoms with Crippen molar-refractivity contribution in [2.24, 2.45) is 0 Å². The van der Waals surface area contributed by atoms with Gasteiger partial charge in [-0.05, 0) is 18.6 Å². The number of benzene rings is 1. The van der Waals surface area contributed by atoms with Gasteiger partial charge in [0.2, 0.25) is 0 Å². The van der Waals surface area contributed by atoms with Crippen molar-refractivity contribution in [1.82, 2.24) is 0 Å². The van der Waals surface area contributed by atoms with Crippen LogP contribution in [0, 0.1) is 10.1 Å². The number of nitro groups is 1. The maximum Gasteiger partial charge on any atom is 0.305 e. The van der Waals surface area contributed by atoms with Crippen LogP contribution >= 0.6 is 0 Å². The predicted molar refractivity (Wildman–Crippen MR) is 197 cm³/mol.